The highest BCUT2D eigenvalue weighted by atomic mass is 32.1. The Morgan fingerprint density at radius 2 is 2.18 bits per heavy atom. The molecule has 0 fully saturated rings. The average Bonchev–Trinajstić information content (AvgIpc) is 3.13. The maximum atomic E-state index is 12.4. The second-order valence-corrected chi connectivity index (χ2v) is 7.17. The maximum Gasteiger partial charge on any atom is 0.270 e. The summed E-state index contributed by atoms with van der Waals surface area (Å²) in [5, 5.41) is 9.21. The van der Waals surface area contributed by atoms with Gasteiger partial charge in [0.05, 0.1) is 18.4 Å². The van der Waals surface area contributed by atoms with E-state index in [-0.39, 0.29) is 11.3 Å². The van der Waals surface area contributed by atoms with Crippen LogP contribution >= 0.6 is 11.3 Å². The van der Waals surface area contributed by atoms with Crippen LogP contribution in [0.15, 0.2) is 35.8 Å². The Balaban J connectivity index is 1.91. The smallest absolute Gasteiger partial charge is 0.270 e. The predicted molar refractivity (Wildman–Crippen MR) is 87.2 cm³/mol. The maximum absolute atomic E-state index is 12.4. The fourth-order valence-corrected chi connectivity index (χ4v) is 2.88. The van der Waals surface area contributed by atoms with Crippen molar-refractivity contribution in [2.45, 2.75) is 32.7 Å². The van der Waals surface area contributed by atoms with E-state index in [1.165, 1.54) is 0 Å². The van der Waals surface area contributed by atoms with Crippen molar-refractivity contribution in [2.24, 2.45) is 0 Å². The molecule has 0 saturated carbocycles. The third-order valence-electron chi connectivity index (χ3n) is 3.36. The molecule has 0 aromatic carbocycles. The lowest BCUT2D eigenvalue weighted by atomic mass is 9.91. The fraction of sp³-hybridized carbons (Fsp3) is 0.312. The van der Waals surface area contributed by atoms with E-state index in [1.54, 1.807) is 22.0 Å². The summed E-state index contributed by atoms with van der Waals surface area (Å²) in [5.74, 6) is -0.164. The van der Waals surface area contributed by atoms with Crippen molar-refractivity contribution >= 4 is 22.9 Å². The van der Waals surface area contributed by atoms with Crippen molar-refractivity contribution in [1.29, 1.82) is 0 Å². The van der Waals surface area contributed by atoms with Crippen molar-refractivity contribution in [3.8, 4) is 0 Å². The van der Waals surface area contributed by atoms with Crippen molar-refractivity contribution < 1.29 is 4.79 Å². The van der Waals surface area contributed by atoms with Crippen molar-refractivity contribution in [3.63, 3.8) is 0 Å². The number of hydrogen-bond acceptors (Lipinski definition) is 4. The number of nitrogens with zero attached hydrogens (tertiary/aromatic N) is 3. The van der Waals surface area contributed by atoms with Gasteiger partial charge in [-0.2, -0.15) is 5.10 Å². The van der Waals surface area contributed by atoms with Gasteiger partial charge in [0.2, 0.25) is 0 Å². The quantitative estimate of drug-likeness (QED) is 0.808. The third-order valence-corrected chi connectivity index (χ3v) is 4.24. The summed E-state index contributed by atoms with van der Waals surface area (Å²) in [4.78, 5) is 17.9. The van der Waals surface area contributed by atoms with Crippen LogP contribution in [0.5, 0.6) is 0 Å². The molecule has 3 aromatic rings. The van der Waals surface area contributed by atoms with Crippen LogP contribution in [-0.4, -0.2) is 20.5 Å². The Morgan fingerprint density at radius 1 is 1.36 bits per heavy atom. The third kappa shape index (κ3) is 2.87. The first-order valence-electron chi connectivity index (χ1n) is 7.11. The molecule has 0 aliphatic heterocycles. The van der Waals surface area contributed by atoms with Gasteiger partial charge < -0.3 is 5.32 Å². The van der Waals surface area contributed by atoms with E-state index in [1.807, 2.05) is 29.6 Å². The van der Waals surface area contributed by atoms with Gasteiger partial charge in [0.15, 0.2) is 5.65 Å². The molecule has 0 saturated heterocycles. The molecule has 22 heavy (non-hydrogen) atoms. The van der Waals surface area contributed by atoms with Crippen LogP contribution in [-0.2, 0) is 12.0 Å². The van der Waals surface area contributed by atoms with Gasteiger partial charge in [-0.15, -0.1) is 11.3 Å². The van der Waals surface area contributed by atoms with Crippen LogP contribution in [0.1, 0.15) is 41.8 Å². The molecule has 0 aliphatic rings. The van der Waals surface area contributed by atoms with Gasteiger partial charge in [0.25, 0.3) is 5.91 Å². The minimum Gasteiger partial charge on any atom is -0.346 e. The number of thiophene rings is 1. The molecule has 5 nitrogen and oxygen atoms in total. The van der Waals surface area contributed by atoms with E-state index in [4.69, 9.17) is 0 Å². The molecule has 0 unspecified atom stereocenters. The van der Waals surface area contributed by atoms with Crippen LogP contribution < -0.4 is 5.32 Å². The van der Waals surface area contributed by atoms with Gasteiger partial charge in [-0.25, -0.2) is 9.50 Å². The number of fused-ring (bicyclic) bond motifs is 1. The Labute approximate surface area is 133 Å². The molecule has 3 rings (SSSR count). The summed E-state index contributed by atoms with van der Waals surface area (Å²) in [7, 11) is 0. The Bertz CT molecular complexity index is 799. The first kappa shape index (κ1) is 14.7. The lowest BCUT2D eigenvalue weighted by molar-refractivity contribution is 0.0946. The molecule has 0 bridgehead atoms. The van der Waals surface area contributed by atoms with E-state index in [9.17, 15) is 4.79 Å². The topological polar surface area (TPSA) is 59.3 Å². The molecule has 6 heteroatoms. The normalized spacial score (nSPS) is 11.8. The Hall–Kier alpha value is -2.21. The molecule has 0 spiro atoms. The molecule has 1 N–H and O–H groups in total. The van der Waals surface area contributed by atoms with Crippen molar-refractivity contribution in [1.82, 2.24) is 19.9 Å². The molecule has 0 radical (unpaired) electrons. The minimum atomic E-state index is -0.164. The molecule has 0 atom stereocenters. The highest BCUT2D eigenvalue weighted by Gasteiger charge is 2.21. The number of amides is 1. The van der Waals surface area contributed by atoms with Gasteiger partial charge in [-0.1, -0.05) is 26.8 Å². The summed E-state index contributed by atoms with van der Waals surface area (Å²) in [6.45, 7) is 6.80. The SMILES string of the molecule is CC(C)(C)c1cc(C(=O)NCc2cccs2)nc2ccnn12. The van der Waals surface area contributed by atoms with Gasteiger partial charge in [-0.05, 0) is 17.5 Å². The zero-order valence-corrected chi connectivity index (χ0v) is 13.6. The average molecular weight is 314 g/mol. The summed E-state index contributed by atoms with van der Waals surface area (Å²) < 4.78 is 1.79. The molecular formula is C16H18N4OS. The number of nitrogens with one attached hydrogen (secondary N) is 1. The number of rotatable bonds is 3. The fourth-order valence-electron chi connectivity index (χ4n) is 2.23. The van der Waals surface area contributed by atoms with E-state index in [2.05, 4.69) is 36.2 Å². The standard InChI is InChI=1S/C16H18N4OS/c1-16(2,3)13-9-12(19-14-6-7-18-20(13)14)15(21)17-10-11-5-4-8-22-11/h4-9H,10H2,1-3H3,(H,17,21). The van der Waals surface area contributed by atoms with Crippen LogP contribution in [0.3, 0.4) is 0 Å². The van der Waals surface area contributed by atoms with E-state index in [0.29, 0.717) is 17.9 Å². The lowest BCUT2D eigenvalue weighted by Gasteiger charge is -2.20. The van der Waals surface area contributed by atoms with Crippen LogP contribution in [0, 0.1) is 0 Å². The lowest BCUT2D eigenvalue weighted by Crippen LogP contribution is -2.26. The van der Waals surface area contributed by atoms with Crippen LogP contribution in [0.25, 0.3) is 5.65 Å². The summed E-state index contributed by atoms with van der Waals surface area (Å²) >= 11 is 1.62. The van der Waals surface area contributed by atoms with Crippen LogP contribution in [0.4, 0.5) is 0 Å². The van der Waals surface area contributed by atoms with Gasteiger partial charge in [0.1, 0.15) is 5.69 Å². The summed E-state index contributed by atoms with van der Waals surface area (Å²) in [5.41, 5.74) is 1.95. The van der Waals surface area contributed by atoms with Crippen LogP contribution in [0.2, 0.25) is 0 Å². The molecule has 3 aromatic heterocycles. The van der Waals surface area contributed by atoms with E-state index in [0.717, 1.165) is 10.6 Å². The van der Waals surface area contributed by atoms with Gasteiger partial charge >= 0.3 is 0 Å². The number of aromatic nitrogens is 3. The largest absolute Gasteiger partial charge is 0.346 e. The Kier molecular flexibility index (Phi) is 3.70. The Morgan fingerprint density at radius 3 is 2.86 bits per heavy atom. The summed E-state index contributed by atoms with van der Waals surface area (Å²) in [6, 6.07) is 7.61. The molecule has 3 heterocycles. The second-order valence-electron chi connectivity index (χ2n) is 6.14. The zero-order valence-electron chi connectivity index (χ0n) is 12.8. The zero-order chi connectivity index (χ0) is 15.7. The highest BCUT2D eigenvalue weighted by Crippen LogP contribution is 2.23. The van der Waals surface area contributed by atoms with Crippen molar-refractivity contribution in [2.75, 3.05) is 0 Å². The number of carbonyl (C=O) groups is 1. The van der Waals surface area contributed by atoms with Crippen molar-refractivity contribution in [3.05, 3.63) is 52.1 Å². The molecule has 0 aliphatic carbocycles. The minimum absolute atomic E-state index is 0.129. The molecule has 114 valence electrons. The van der Waals surface area contributed by atoms with Gasteiger partial charge in [-0.3, -0.25) is 4.79 Å². The molecule has 1 amide bonds. The van der Waals surface area contributed by atoms with Gasteiger partial charge in [0, 0.05) is 16.4 Å². The first-order chi connectivity index (χ1) is 10.4. The first-order valence-corrected chi connectivity index (χ1v) is 7.99. The monoisotopic (exact) mass is 314 g/mol. The number of carbonyl (C=O) groups excluding carboxylic acids is 1. The highest BCUT2D eigenvalue weighted by molar-refractivity contribution is 7.09. The van der Waals surface area contributed by atoms with E-state index < -0.39 is 0 Å². The molecular weight excluding hydrogens is 296 g/mol. The number of hydrogen-bond donors (Lipinski definition) is 1. The second kappa shape index (κ2) is 5.53. The predicted octanol–water partition coefficient (Wildman–Crippen LogP) is 3.02. The van der Waals surface area contributed by atoms with E-state index >= 15 is 0 Å². The summed E-state index contributed by atoms with van der Waals surface area (Å²) in [6.07, 6.45) is 1.70.